The van der Waals surface area contributed by atoms with Crippen LogP contribution in [0.5, 0.6) is 17.2 Å². The normalized spacial score (nSPS) is 10.6. The molecule has 1 N–H and O–H groups in total. The molecule has 0 bridgehead atoms. The fourth-order valence-corrected chi connectivity index (χ4v) is 2.92. The molecule has 0 aliphatic heterocycles. The number of methoxy groups -OCH3 is 3. The van der Waals surface area contributed by atoms with Gasteiger partial charge < -0.3 is 24.1 Å². The number of benzene rings is 2. The molecule has 0 saturated carbocycles. The maximum atomic E-state index is 12.3. The molecule has 0 fully saturated rings. The van der Waals surface area contributed by atoms with Gasteiger partial charge in [-0.25, -0.2) is 4.98 Å². The number of ether oxygens (including phenoxy) is 3. The van der Waals surface area contributed by atoms with E-state index in [9.17, 15) is 4.79 Å². The van der Waals surface area contributed by atoms with E-state index in [0.29, 0.717) is 36.8 Å². The van der Waals surface area contributed by atoms with Crippen molar-refractivity contribution in [3.8, 4) is 17.2 Å². The van der Waals surface area contributed by atoms with Crippen LogP contribution in [0.25, 0.3) is 11.0 Å². The summed E-state index contributed by atoms with van der Waals surface area (Å²) in [5, 5.41) is 2.92. The first-order valence-electron chi connectivity index (χ1n) is 8.61. The van der Waals surface area contributed by atoms with Crippen molar-refractivity contribution in [3.05, 3.63) is 48.3 Å². The van der Waals surface area contributed by atoms with Crippen LogP contribution in [0.3, 0.4) is 0 Å². The van der Waals surface area contributed by atoms with Gasteiger partial charge in [0.2, 0.25) is 5.91 Å². The molecule has 3 aromatic rings. The molecule has 7 nitrogen and oxygen atoms in total. The van der Waals surface area contributed by atoms with E-state index in [0.717, 1.165) is 16.6 Å². The lowest BCUT2D eigenvalue weighted by atomic mass is 10.1. The van der Waals surface area contributed by atoms with Crippen molar-refractivity contribution < 1.29 is 19.0 Å². The summed E-state index contributed by atoms with van der Waals surface area (Å²) in [6, 6.07) is 11.4. The molecule has 3 rings (SSSR count). The Kier molecular flexibility index (Phi) is 5.80. The molecule has 27 heavy (non-hydrogen) atoms. The smallest absolute Gasteiger partial charge is 0.222 e. The maximum Gasteiger partial charge on any atom is 0.222 e. The first kappa shape index (κ1) is 18.6. The third-order valence-electron chi connectivity index (χ3n) is 4.37. The van der Waals surface area contributed by atoms with Crippen molar-refractivity contribution in [1.82, 2.24) is 14.9 Å². The Labute approximate surface area is 157 Å². The van der Waals surface area contributed by atoms with Crippen LogP contribution < -0.4 is 19.5 Å². The van der Waals surface area contributed by atoms with Gasteiger partial charge in [0.15, 0.2) is 11.5 Å². The number of fused-ring (bicyclic) bond motifs is 1. The van der Waals surface area contributed by atoms with Gasteiger partial charge in [-0.3, -0.25) is 4.79 Å². The summed E-state index contributed by atoms with van der Waals surface area (Å²) in [5.41, 5.74) is 2.76. The molecule has 1 amide bonds. The summed E-state index contributed by atoms with van der Waals surface area (Å²) < 4.78 is 18.0. The third-order valence-corrected chi connectivity index (χ3v) is 4.37. The van der Waals surface area contributed by atoms with E-state index >= 15 is 0 Å². The van der Waals surface area contributed by atoms with Crippen molar-refractivity contribution in [2.75, 3.05) is 21.3 Å². The van der Waals surface area contributed by atoms with E-state index in [4.69, 9.17) is 14.2 Å². The van der Waals surface area contributed by atoms with Gasteiger partial charge in [-0.1, -0.05) is 12.1 Å². The van der Waals surface area contributed by atoms with Crippen LogP contribution in [-0.4, -0.2) is 36.8 Å². The average molecular weight is 369 g/mol. The Balaban J connectivity index is 1.62. The van der Waals surface area contributed by atoms with Gasteiger partial charge in [0.05, 0.1) is 38.7 Å². The molecule has 0 atom stereocenters. The number of nitrogens with one attached hydrogen (secondary N) is 1. The van der Waals surface area contributed by atoms with Gasteiger partial charge in [-0.15, -0.1) is 0 Å². The molecule has 0 spiro atoms. The molecule has 0 aliphatic carbocycles. The standard InChI is InChI=1S/C20H23N3O4/c1-25-17-11-19(27-3)18(26-2)10-14(17)12-21-20(24)8-9-23-13-22-15-6-4-5-7-16(15)23/h4-7,10-11,13H,8-9,12H2,1-3H3,(H,21,24). The third kappa shape index (κ3) is 4.13. The zero-order chi connectivity index (χ0) is 19.2. The number of amides is 1. The summed E-state index contributed by atoms with van der Waals surface area (Å²) in [4.78, 5) is 16.6. The van der Waals surface area contributed by atoms with Crippen LogP contribution in [0.2, 0.25) is 0 Å². The molecule has 0 radical (unpaired) electrons. The molecular weight excluding hydrogens is 346 g/mol. The average Bonchev–Trinajstić information content (AvgIpc) is 3.13. The highest BCUT2D eigenvalue weighted by molar-refractivity contribution is 5.77. The van der Waals surface area contributed by atoms with E-state index in [1.54, 1.807) is 39.8 Å². The highest BCUT2D eigenvalue weighted by atomic mass is 16.5. The number of carbonyl (C=O) groups is 1. The van der Waals surface area contributed by atoms with Gasteiger partial charge in [-0.05, 0) is 18.2 Å². The molecule has 1 aromatic heterocycles. The van der Waals surface area contributed by atoms with E-state index in [2.05, 4.69) is 10.3 Å². The van der Waals surface area contributed by atoms with Crippen LogP contribution >= 0.6 is 0 Å². The van der Waals surface area contributed by atoms with Crippen LogP contribution in [-0.2, 0) is 17.9 Å². The Morgan fingerprint density at radius 3 is 2.48 bits per heavy atom. The maximum absolute atomic E-state index is 12.3. The van der Waals surface area contributed by atoms with Gasteiger partial charge in [0.1, 0.15) is 5.75 Å². The number of nitrogens with zero attached hydrogens (tertiary/aromatic N) is 2. The number of hydrogen-bond donors (Lipinski definition) is 1. The molecule has 7 heteroatoms. The van der Waals surface area contributed by atoms with Crippen molar-refractivity contribution in [3.63, 3.8) is 0 Å². The molecule has 0 unspecified atom stereocenters. The van der Waals surface area contributed by atoms with E-state index < -0.39 is 0 Å². The van der Waals surface area contributed by atoms with Crippen molar-refractivity contribution >= 4 is 16.9 Å². The molecule has 2 aromatic carbocycles. The van der Waals surface area contributed by atoms with E-state index in [1.165, 1.54) is 0 Å². The van der Waals surface area contributed by atoms with Gasteiger partial charge in [0.25, 0.3) is 0 Å². The van der Waals surface area contributed by atoms with E-state index in [-0.39, 0.29) is 5.91 Å². The van der Waals surface area contributed by atoms with Crippen LogP contribution in [0, 0.1) is 0 Å². The van der Waals surface area contributed by atoms with E-state index in [1.807, 2.05) is 28.8 Å². The monoisotopic (exact) mass is 369 g/mol. The topological polar surface area (TPSA) is 74.6 Å². The predicted molar refractivity (Wildman–Crippen MR) is 102 cm³/mol. The van der Waals surface area contributed by atoms with Gasteiger partial charge in [0, 0.05) is 31.1 Å². The summed E-state index contributed by atoms with van der Waals surface area (Å²) in [6.45, 7) is 0.905. The molecule has 0 aliphatic rings. The number of rotatable bonds is 8. The summed E-state index contributed by atoms with van der Waals surface area (Å²) in [7, 11) is 4.72. The van der Waals surface area contributed by atoms with Crippen molar-refractivity contribution in [1.29, 1.82) is 0 Å². The predicted octanol–water partition coefficient (Wildman–Crippen LogP) is 2.77. The number of aryl methyl sites for hydroxylation is 1. The number of hydrogen-bond acceptors (Lipinski definition) is 5. The second-order valence-electron chi connectivity index (χ2n) is 5.97. The second kappa shape index (κ2) is 8.44. The zero-order valence-electron chi connectivity index (χ0n) is 15.7. The first-order chi connectivity index (χ1) is 13.2. The van der Waals surface area contributed by atoms with Gasteiger partial charge in [-0.2, -0.15) is 0 Å². The lowest BCUT2D eigenvalue weighted by Gasteiger charge is -2.14. The quantitative estimate of drug-likeness (QED) is 0.661. The highest BCUT2D eigenvalue weighted by Gasteiger charge is 2.13. The Bertz CT molecular complexity index is 936. The Hall–Kier alpha value is -3.22. The summed E-state index contributed by atoms with van der Waals surface area (Å²) in [5.74, 6) is 1.75. The minimum absolute atomic E-state index is 0.0513. The Morgan fingerprint density at radius 1 is 1.04 bits per heavy atom. The van der Waals surface area contributed by atoms with Crippen LogP contribution in [0.4, 0.5) is 0 Å². The highest BCUT2D eigenvalue weighted by Crippen LogP contribution is 2.34. The lowest BCUT2D eigenvalue weighted by molar-refractivity contribution is -0.121. The minimum Gasteiger partial charge on any atom is -0.496 e. The zero-order valence-corrected chi connectivity index (χ0v) is 15.7. The molecule has 1 heterocycles. The lowest BCUT2D eigenvalue weighted by Crippen LogP contribution is -2.24. The fourth-order valence-electron chi connectivity index (χ4n) is 2.92. The molecular formula is C20H23N3O4. The number of carbonyl (C=O) groups excluding carboxylic acids is 1. The number of aromatic nitrogens is 2. The summed E-state index contributed by atoms with van der Waals surface area (Å²) in [6.07, 6.45) is 2.12. The fraction of sp³-hybridized carbons (Fsp3) is 0.300. The van der Waals surface area contributed by atoms with Crippen LogP contribution in [0.15, 0.2) is 42.7 Å². The van der Waals surface area contributed by atoms with Crippen LogP contribution in [0.1, 0.15) is 12.0 Å². The minimum atomic E-state index is -0.0513. The largest absolute Gasteiger partial charge is 0.496 e. The van der Waals surface area contributed by atoms with Gasteiger partial charge >= 0.3 is 0 Å². The van der Waals surface area contributed by atoms with Crippen molar-refractivity contribution in [2.24, 2.45) is 0 Å². The summed E-state index contributed by atoms with van der Waals surface area (Å²) >= 11 is 0. The Morgan fingerprint density at radius 2 is 1.74 bits per heavy atom. The SMILES string of the molecule is COc1cc(OC)c(OC)cc1CNC(=O)CCn1cnc2ccccc21. The second-order valence-corrected chi connectivity index (χ2v) is 5.97. The number of para-hydroxylation sites is 2. The molecule has 142 valence electrons. The first-order valence-corrected chi connectivity index (χ1v) is 8.61. The molecule has 0 saturated heterocycles. The van der Waals surface area contributed by atoms with Crippen molar-refractivity contribution in [2.45, 2.75) is 19.5 Å². The number of imidazole rings is 1.